The third-order valence-corrected chi connectivity index (χ3v) is 5.11. The number of hydrogen-bond donors (Lipinski definition) is 0. The van der Waals surface area contributed by atoms with Crippen LogP contribution in [0.4, 0.5) is 0 Å². The van der Waals surface area contributed by atoms with Gasteiger partial charge in [0.15, 0.2) is 0 Å². The van der Waals surface area contributed by atoms with E-state index in [1.165, 1.54) is 11.3 Å². The van der Waals surface area contributed by atoms with E-state index in [2.05, 4.69) is 4.98 Å². The first-order valence-electron chi connectivity index (χ1n) is 7.62. The topological polar surface area (TPSA) is 51.7 Å². The van der Waals surface area contributed by atoms with Crippen molar-refractivity contribution in [1.29, 1.82) is 0 Å². The Morgan fingerprint density at radius 1 is 1.67 bits per heavy atom. The monoisotopic (exact) mass is 310 g/mol. The lowest BCUT2D eigenvalue weighted by atomic mass is 9.73. The standard InChI is InChI=1S/C15H22N2O3S/c1-2-19-10-15-5-3-7-20-13(15)4-6-17(9-15)14(18)12-8-21-11-16-12/h8,11,13H,2-7,9-10H2,1H3/t13-,15-/m0/s1. The van der Waals surface area contributed by atoms with E-state index in [1.807, 2.05) is 17.2 Å². The minimum absolute atomic E-state index is 0.0381. The van der Waals surface area contributed by atoms with Gasteiger partial charge in [-0.15, -0.1) is 11.3 Å². The summed E-state index contributed by atoms with van der Waals surface area (Å²) in [5.41, 5.74) is 2.22. The summed E-state index contributed by atoms with van der Waals surface area (Å²) in [6.07, 6.45) is 3.22. The third-order valence-electron chi connectivity index (χ3n) is 4.52. The van der Waals surface area contributed by atoms with Gasteiger partial charge in [-0.3, -0.25) is 4.79 Å². The van der Waals surface area contributed by atoms with Crippen molar-refractivity contribution in [2.24, 2.45) is 5.41 Å². The zero-order valence-electron chi connectivity index (χ0n) is 12.4. The maximum Gasteiger partial charge on any atom is 0.273 e. The number of likely N-dealkylation sites (tertiary alicyclic amines) is 1. The lowest BCUT2D eigenvalue weighted by molar-refractivity contribution is -0.146. The molecule has 5 nitrogen and oxygen atoms in total. The first kappa shape index (κ1) is 14.9. The van der Waals surface area contributed by atoms with Crippen molar-refractivity contribution in [3.05, 3.63) is 16.6 Å². The number of carbonyl (C=O) groups is 1. The molecule has 21 heavy (non-hydrogen) atoms. The van der Waals surface area contributed by atoms with Crippen LogP contribution >= 0.6 is 11.3 Å². The molecule has 1 aromatic rings. The first-order chi connectivity index (χ1) is 10.2. The predicted molar refractivity (Wildman–Crippen MR) is 80.5 cm³/mol. The number of nitrogens with zero attached hydrogens (tertiary/aromatic N) is 2. The molecule has 2 aliphatic rings. The fourth-order valence-electron chi connectivity index (χ4n) is 3.46. The zero-order chi connectivity index (χ0) is 14.7. The molecule has 0 unspecified atom stereocenters. The van der Waals surface area contributed by atoms with Gasteiger partial charge < -0.3 is 14.4 Å². The lowest BCUT2D eigenvalue weighted by Gasteiger charge is -2.50. The summed E-state index contributed by atoms with van der Waals surface area (Å²) in [4.78, 5) is 18.6. The highest BCUT2D eigenvalue weighted by Crippen LogP contribution is 2.40. The van der Waals surface area contributed by atoms with Gasteiger partial charge in [0.25, 0.3) is 5.91 Å². The molecule has 6 heteroatoms. The minimum Gasteiger partial charge on any atom is -0.381 e. The van der Waals surface area contributed by atoms with Crippen LogP contribution in [0.3, 0.4) is 0 Å². The summed E-state index contributed by atoms with van der Waals surface area (Å²) in [6.45, 7) is 5.68. The van der Waals surface area contributed by atoms with Crippen LogP contribution in [0.15, 0.2) is 10.9 Å². The summed E-state index contributed by atoms with van der Waals surface area (Å²) in [6, 6.07) is 0. The average molecular weight is 310 g/mol. The Balaban J connectivity index is 1.76. The van der Waals surface area contributed by atoms with Gasteiger partial charge in [-0.25, -0.2) is 4.98 Å². The fraction of sp³-hybridized carbons (Fsp3) is 0.733. The third kappa shape index (κ3) is 2.98. The second kappa shape index (κ2) is 6.42. The van der Waals surface area contributed by atoms with Crippen LogP contribution in [0, 0.1) is 5.41 Å². The number of thiazole rings is 1. The van der Waals surface area contributed by atoms with Gasteiger partial charge in [0.05, 0.1) is 18.2 Å². The first-order valence-corrected chi connectivity index (χ1v) is 8.56. The van der Waals surface area contributed by atoms with E-state index in [4.69, 9.17) is 9.47 Å². The highest BCUT2D eigenvalue weighted by molar-refractivity contribution is 7.07. The number of hydrogen-bond acceptors (Lipinski definition) is 5. The Hall–Kier alpha value is -0.980. The maximum absolute atomic E-state index is 12.5. The van der Waals surface area contributed by atoms with Gasteiger partial charge in [-0.2, -0.15) is 0 Å². The Morgan fingerprint density at radius 2 is 2.57 bits per heavy atom. The molecule has 1 aromatic heterocycles. The molecule has 0 radical (unpaired) electrons. The quantitative estimate of drug-likeness (QED) is 0.855. The highest BCUT2D eigenvalue weighted by Gasteiger charge is 2.47. The van der Waals surface area contributed by atoms with E-state index in [9.17, 15) is 4.79 Å². The molecule has 1 amide bonds. The Bertz CT molecular complexity index is 479. The molecule has 0 spiro atoms. The van der Waals surface area contributed by atoms with Crippen molar-refractivity contribution in [2.45, 2.75) is 32.3 Å². The lowest BCUT2D eigenvalue weighted by Crippen LogP contribution is -2.58. The van der Waals surface area contributed by atoms with Crippen LogP contribution in [-0.2, 0) is 9.47 Å². The smallest absolute Gasteiger partial charge is 0.273 e. The second-order valence-electron chi connectivity index (χ2n) is 5.85. The van der Waals surface area contributed by atoms with Crippen LogP contribution in [0.2, 0.25) is 0 Å². The van der Waals surface area contributed by atoms with E-state index in [1.54, 1.807) is 5.51 Å². The van der Waals surface area contributed by atoms with Crippen LogP contribution in [0.1, 0.15) is 36.7 Å². The fourth-order valence-corrected chi connectivity index (χ4v) is 3.99. The van der Waals surface area contributed by atoms with Crippen LogP contribution in [0.5, 0.6) is 0 Å². The maximum atomic E-state index is 12.5. The molecule has 2 fully saturated rings. The van der Waals surface area contributed by atoms with Gasteiger partial charge in [0.1, 0.15) is 5.69 Å². The normalized spacial score (nSPS) is 29.2. The Morgan fingerprint density at radius 3 is 3.33 bits per heavy atom. The SMILES string of the molecule is CCOC[C@@]12CCCO[C@H]1CCN(C(=O)c1cscn1)C2. The highest BCUT2D eigenvalue weighted by atomic mass is 32.1. The van der Waals surface area contributed by atoms with E-state index < -0.39 is 0 Å². The molecular weight excluding hydrogens is 288 g/mol. The number of fused-ring (bicyclic) bond motifs is 1. The zero-order valence-corrected chi connectivity index (χ0v) is 13.2. The van der Waals surface area contributed by atoms with Crippen molar-refractivity contribution < 1.29 is 14.3 Å². The van der Waals surface area contributed by atoms with E-state index >= 15 is 0 Å². The molecule has 116 valence electrons. The minimum atomic E-state index is -0.0435. The Kier molecular flexibility index (Phi) is 4.57. The van der Waals surface area contributed by atoms with Crippen molar-refractivity contribution in [3.8, 4) is 0 Å². The molecule has 2 atom stereocenters. The number of rotatable bonds is 4. The van der Waals surface area contributed by atoms with Crippen molar-refractivity contribution in [3.63, 3.8) is 0 Å². The number of carbonyl (C=O) groups excluding carboxylic acids is 1. The number of amides is 1. The molecule has 3 rings (SSSR count). The van der Waals surface area contributed by atoms with Crippen molar-refractivity contribution >= 4 is 17.2 Å². The predicted octanol–water partition coefficient (Wildman–Crippen LogP) is 2.19. The summed E-state index contributed by atoms with van der Waals surface area (Å²) in [5, 5.41) is 1.82. The summed E-state index contributed by atoms with van der Waals surface area (Å²) in [7, 11) is 0. The number of piperidine rings is 1. The molecule has 0 bridgehead atoms. The van der Waals surface area contributed by atoms with Gasteiger partial charge >= 0.3 is 0 Å². The number of ether oxygens (including phenoxy) is 2. The average Bonchev–Trinajstić information content (AvgIpc) is 3.06. The molecule has 2 saturated heterocycles. The summed E-state index contributed by atoms with van der Waals surface area (Å²) < 4.78 is 11.7. The molecule has 3 heterocycles. The van der Waals surface area contributed by atoms with E-state index in [0.717, 1.165) is 32.4 Å². The van der Waals surface area contributed by atoms with Crippen LogP contribution in [-0.4, -0.2) is 54.8 Å². The van der Waals surface area contributed by atoms with Gasteiger partial charge in [0, 0.05) is 37.1 Å². The van der Waals surface area contributed by atoms with Gasteiger partial charge in [-0.1, -0.05) is 0 Å². The Labute approximate surface area is 129 Å². The van der Waals surface area contributed by atoms with Crippen LogP contribution in [0.25, 0.3) is 0 Å². The second-order valence-corrected chi connectivity index (χ2v) is 6.57. The van der Waals surface area contributed by atoms with E-state index in [0.29, 0.717) is 25.5 Å². The van der Waals surface area contributed by atoms with Crippen molar-refractivity contribution in [1.82, 2.24) is 9.88 Å². The molecule has 0 aliphatic carbocycles. The molecule has 0 saturated carbocycles. The van der Waals surface area contributed by atoms with E-state index in [-0.39, 0.29) is 17.4 Å². The number of aromatic nitrogens is 1. The van der Waals surface area contributed by atoms with Crippen LogP contribution < -0.4 is 0 Å². The van der Waals surface area contributed by atoms with Gasteiger partial charge in [-0.05, 0) is 26.2 Å². The van der Waals surface area contributed by atoms with Gasteiger partial charge in [0.2, 0.25) is 0 Å². The molecule has 2 aliphatic heterocycles. The summed E-state index contributed by atoms with van der Waals surface area (Å²) in [5.74, 6) is 0.0381. The largest absolute Gasteiger partial charge is 0.381 e. The molecule has 0 N–H and O–H groups in total. The van der Waals surface area contributed by atoms with Crippen molar-refractivity contribution in [2.75, 3.05) is 32.9 Å². The summed E-state index contributed by atoms with van der Waals surface area (Å²) >= 11 is 1.46. The molecular formula is C15H22N2O3S. The molecule has 0 aromatic carbocycles.